The number of rotatable bonds is 6. The van der Waals surface area contributed by atoms with Gasteiger partial charge in [-0.15, -0.1) is 0 Å². The van der Waals surface area contributed by atoms with E-state index in [1.165, 1.54) is 19.1 Å². The van der Waals surface area contributed by atoms with E-state index in [1.54, 1.807) is 6.92 Å². The summed E-state index contributed by atoms with van der Waals surface area (Å²) < 4.78 is 5.09. The number of hydrogen-bond acceptors (Lipinski definition) is 5. The van der Waals surface area contributed by atoms with E-state index in [-0.39, 0.29) is 11.3 Å². The van der Waals surface area contributed by atoms with Gasteiger partial charge in [0.05, 0.1) is 10.5 Å². The van der Waals surface area contributed by atoms with Crippen molar-refractivity contribution in [3.8, 4) is 0 Å². The minimum Gasteiger partial charge on any atom is -0.449 e. The van der Waals surface area contributed by atoms with Crippen molar-refractivity contribution < 1.29 is 19.2 Å². The maximum absolute atomic E-state index is 12.1. The summed E-state index contributed by atoms with van der Waals surface area (Å²) in [6.07, 6.45) is -1.02. The fourth-order valence-corrected chi connectivity index (χ4v) is 2.14. The Morgan fingerprint density at radius 2 is 1.88 bits per heavy atom. The van der Waals surface area contributed by atoms with Crippen LogP contribution in [0.1, 0.15) is 28.4 Å². The molecular weight excluding hydrogens is 324 g/mol. The van der Waals surface area contributed by atoms with Gasteiger partial charge in [0.25, 0.3) is 11.6 Å². The number of ether oxygens (including phenoxy) is 1. The lowest BCUT2D eigenvalue weighted by Gasteiger charge is -2.13. The highest BCUT2D eigenvalue weighted by Gasteiger charge is 2.21. The molecule has 0 aliphatic rings. The minimum atomic E-state index is -1.02. The zero-order valence-electron chi connectivity index (χ0n) is 13.9. The number of aryl methyl sites for hydroxylation is 1. The van der Waals surface area contributed by atoms with Crippen LogP contribution in [-0.2, 0) is 16.1 Å². The summed E-state index contributed by atoms with van der Waals surface area (Å²) in [7, 11) is 0. The highest BCUT2D eigenvalue weighted by Crippen LogP contribution is 2.20. The van der Waals surface area contributed by atoms with E-state index in [4.69, 9.17) is 4.74 Å². The highest BCUT2D eigenvalue weighted by molar-refractivity contribution is 5.92. The molecule has 25 heavy (non-hydrogen) atoms. The molecule has 2 aromatic carbocycles. The fourth-order valence-electron chi connectivity index (χ4n) is 2.14. The summed E-state index contributed by atoms with van der Waals surface area (Å²) in [6, 6.07) is 13.4. The maximum atomic E-state index is 12.1. The summed E-state index contributed by atoms with van der Waals surface area (Å²) in [5, 5.41) is 13.6. The van der Waals surface area contributed by atoms with Crippen LogP contribution < -0.4 is 5.32 Å². The molecule has 7 heteroatoms. The van der Waals surface area contributed by atoms with Crippen molar-refractivity contribution in [1.29, 1.82) is 0 Å². The second-order valence-corrected chi connectivity index (χ2v) is 5.51. The van der Waals surface area contributed by atoms with Crippen LogP contribution in [0.4, 0.5) is 5.69 Å². The third kappa shape index (κ3) is 4.87. The first-order valence-corrected chi connectivity index (χ1v) is 7.66. The van der Waals surface area contributed by atoms with Gasteiger partial charge in [-0.3, -0.25) is 14.9 Å². The van der Waals surface area contributed by atoms with Gasteiger partial charge >= 0.3 is 5.97 Å². The van der Waals surface area contributed by atoms with Gasteiger partial charge in [0.2, 0.25) is 0 Å². The van der Waals surface area contributed by atoms with E-state index in [0.717, 1.165) is 11.6 Å². The largest absolute Gasteiger partial charge is 0.449 e. The number of nitro groups is 1. The molecule has 0 saturated carbocycles. The molecule has 2 rings (SSSR count). The number of carbonyl (C=O) groups excluding carboxylic acids is 2. The van der Waals surface area contributed by atoms with Gasteiger partial charge in [-0.1, -0.05) is 36.4 Å². The molecule has 130 valence electrons. The molecule has 0 unspecified atom stereocenters. The smallest absolute Gasteiger partial charge is 0.339 e. The summed E-state index contributed by atoms with van der Waals surface area (Å²) >= 11 is 0. The van der Waals surface area contributed by atoms with Crippen molar-refractivity contribution in [3.63, 3.8) is 0 Å². The van der Waals surface area contributed by atoms with Crippen LogP contribution in [0.5, 0.6) is 0 Å². The SMILES string of the molecule is Cc1ccc(C(=O)O[C@@H](C)C(=O)NCc2ccccc2)cc1[N+](=O)[O-]. The molecule has 1 atom stereocenters. The lowest BCUT2D eigenvalue weighted by molar-refractivity contribution is -0.385. The third-order valence-electron chi connectivity index (χ3n) is 3.60. The summed E-state index contributed by atoms with van der Waals surface area (Å²) in [5.41, 5.74) is 1.22. The first-order valence-electron chi connectivity index (χ1n) is 7.66. The Morgan fingerprint density at radius 1 is 1.20 bits per heavy atom. The summed E-state index contributed by atoms with van der Waals surface area (Å²) in [4.78, 5) is 34.5. The number of nitrogens with one attached hydrogen (secondary N) is 1. The van der Waals surface area contributed by atoms with Crippen LogP contribution >= 0.6 is 0 Å². The molecule has 0 saturated heterocycles. The standard InChI is InChI=1S/C18H18N2O5/c1-12-8-9-15(10-16(12)20(23)24)18(22)25-13(2)17(21)19-11-14-6-4-3-5-7-14/h3-10,13H,11H2,1-2H3,(H,19,21)/t13-/m0/s1. The Labute approximate surface area is 144 Å². The van der Waals surface area contributed by atoms with Gasteiger partial charge in [-0.25, -0.2) is 4.79 Å². The average molecular weight is 342 g/mol. The van der Waals surface area contributed by atoms with Crippen LogP contribution in [0.2, 0.25) is 0 Å². The molecule has 1 N–H and O–H groups in total. The van der Waals surface area contributed by atoms with Gasteiger partial charge < -0.3 is 10.1 Å². The van der Waals surface area contributed by atoms with E-state index in [2.05, 4.69) is 5.32 Å². The minimum absolute atomic E-state index is 0.0278. The van der Waals surface area contributed by atoms with Crippen molar-refractivity contribution >= 4 is 17.6 Å². The van der Waals surface area contributed by atoms with Crippen LogP contribution in [-0.4, -0.2) is 22.9 Å². The molecule has 0 aliphatic heterocycles. The lowest BCUT2D eigenvalue weighted by atomic mass is 10.1. The van der Waals surface area contributed by atoms with E-state index in [1.807, 2.05) is 30.3 Å². The molecule has 0 spiro atoms. The van der Waals surface area contributed by atoms with Crippen LogP contribution in [0.15, 0.2) is 48.5 Å². The van der Waals surface area contributed by atoms with E-state index in [9.17, 15) is 19.7 Å². The van der Waals surface area contributed by atoms with Crippen molar-refractivity contribution in [2.75, 3.05) is 0 Å². The van der Waals surface area contributed by atoms with Crippen LogP contribution in [0.25, 0.3) is 0 Å². The lowest BCUT2D eigenvalue weighted by Crippen LogP contribution is -2.35. The van der Waals surface area contributed by atoms with Crippen LogP contribution in [0, 0.1) is 17.0 Å². The predicted octanol–water partition coefficient (Wildman–Crippen LogP) is 2.76. The molecule has 0 heterocycles. The highest BCUT2D eigenvalue weighted by atomic mass is 16.6. The van der Waals surface area contributed by atoms with Gasteiger partial charge in [0.15, 0.2) is 6.10 Å². The Morgan fingerprint density at radius 3 is 2.52 bits per heavy atom. The zero-order valence-corrected chi connectivity index (χ0v) is 13.9. The molecule has 7 nitrogen and oxygen atoms in total. The van der Waals surface area contributed by atoms with E-state index in [0.29, 0.717) is 12.1 Å². The topological polar surface area (TPSA) is 98.5 Å². The second kappa shape index (κ2) is 8.05. The van der Waals surface area contributed by atoms with Gasteiger partial charge in [-0.05, 0) is 25.5 Å². The first-order chi connectivity index (χ1) is 11.9. The Bertz CT molecular complexity index is 789. The number of esters is 1. The molecule has 0 aromatic heterocycles. The van der Waals surface area contributed by atoms with Crippen LogP contribution in [0.3, 0.4) is 0 Å². The number of nitro benzene ring substituents is 1. The quantitative estimate of drug-likeness (QED) is 0.494. The Kier molecular flexibility index (Phi) is 5.84. The molecule has 0 fully saturated rings. The fraction of sp³-hybridized carbons (Fsp3) is 0.222. The Hall–Kier alpha value is -3.22. The van der Waals surface area contributed by atoms with E-state index >= 15 is 0 Å². The molecule has 0 aliphatic carbocycles. The molecule has 2 aromatic rings. The number of amides is 1. The van der Waals surface area contributed by atoms with Gasteiger partial charge in [0.1, 0.15) is 0 Å². The molecule has 0 radical (unpaired) electrons. The van der Waals surface area contributed by atoms with Crippen molar-refractivity contribution in [2.45, 2.75) is 26.5 Å². The monoisotopic (exact) mass is 342 g/mol. The predicted molar refractivity (Wildman–Crippen MR) is 91.0 cm³/mol. The maximum Gasteiger partial charge on any atom is 0.339 e. The number of nitrogens with zero attached hydrogens (tertiary/aromatic N) is 1. The van der Waals surface area contributed by atoms with Crippen molar-refractivity contribution in [1.82, 2.24) is 5.32 Å². The summed E-state index contributed by atoms with van der Waals surface area (Å²) in [5.74, 6) is -1.23. The van der Waals surface area contributed by atoms with Gasteiger partial charge in [-0.2, -0.15) is 0 Å². The summed E-state index contributed by atoms with van der Waals surface area (Å²) in [6.45, 7) is 3.34. The third-order valence-corrected chi connectivity index (χ3v) is 3.60. The van der Waals surface area contributed by atoms with Crippen molar-refractivity contribution in [2.24, 2.45) is 0 Å². The number of benzene rings is 2. The van der Waals surface area contributed by atoms with Gasteiger partial charge in [0, 0.05) is 18.2 Å². The molecule has 0 bridgehead atoms. The number of hydrogen-bond donors (Lipinski definition) is 1. The molecular formula is C18H18N2O5. The zero-order chi connectivity index (χ0) is 18.4. The van der Waals surface area contributed by atoms with E-state index < -0.39 is 22.9 Å². The second-order valence-electron chi connectivity index (χ2n) is 5.51. The normalized spacial score (nSPS) is 11.4. The number of carbonyl (C=O) groups is 2. The first kappa shape index (κ1) is 18.1. The average Bonchev–Trinajstić information content (AvgIpc) is 2.60. The van der Waals surface area contributed by atoms with Crippen molar-refractivity contribution in [3.05, 3.63) is 75.3 Å². The Balaban J connectivity index is 1.96. The molecule has 1 amide bonds.